The monoisotopic (exact) mass is 201 g/mol. The smallest absolute Gasteiger partial charge is 0.139 e. The Morgan fingerprint density at radius 2 is 2.40 bits per heavy atom. The van der Waals surface area contributed by atoms with Crippen molar-refractivity contribution in [3.05, 3.63) is 30.1 Å². The van der Waals surface area contributed by atoms with E-state index in [0.717, 1.165) is 31.2 Å². The van der Waals surface area contributed by atoms with Gasteiger partial charge in [-0.1, -0.05) is 0 Å². The SMILES string of the molecule is Cc1cnc2c(ccn2CC2CNC2)c1. The summed E-state index contributed by atoms with van der Waals surface area (Å²) in [5.74, 6) is 0.781. The van der Waals surface area contributed by atoms with Gasteiger partial charge in [0.1, 0.15) is 5.65 Å². The summed E-state index contributed by atoms with van der Waals surface area (Å²) in [6.45, 7) is 5.46. The molecule has 0 saturated carbocycles. The molecule has 78 valence electrons. The van der Waals surface area contributed by atoms with E-state index < -0.39 is 0 Å². The lowest BCUT2D eigenvalue weighted by molar-refractivity contribution is 0.310. The zero-order chi connectivity index (χ0) is 10.3. The van der Waals surface area contributed by atoms with Crippen molar-refractivity contribution >= 4 is 11.0 Å². The van der Waals surface area contributed by atoms with E-state index in [4.69, 9.17) is 0 Å². The van der Waals surface area contributed by atoms with Crippen molar-refractivity contribution in [2.75, 3.05) is 13.1 Å². The highest BCUT2D eigenvalue weighted by Gasteiger charge is 2.17. The molecular weight excluding hydrogens is 186 g/mol. The first-order chi connectivity index (χ1) is 7.33. The van der Waals surface area contributed by atoms with E-state index >= 15 is 0 Å². The van der Waals surface area contributed by atoms with Gasteiger partial charge in [0.2, 0.25) is 0 Å². The van der Waals surface area contributed by atoms with Crippen molar-refractivity contribution in [3.63, 3.8) is 0 Å². The lowest BCUT2D eigenvalue weighted by atomic mass is 10.0. The van der Waals surface area contributed by atoms with Crippen LogP contribution in [0.15, 0.2) is 24.5 Å². The van der Waals surface area contributed by atoms with Crippen LogP contribution in [-0.4, -0.2) is 22.6 Å². The number of nitrogens with one attached hydrogen (secondary N) is 1. The number of pyridine rings is 1. The molecule has 0 aromatic carbocycles. The van der Waals surface area contributed by atoms with Crippen LogP contribution < -0.4 is 5.32 Å². The predicted octanol–water partition coefficient (Wildman–Crippen LogP) is 1.56. The maximum atomic E-state index is 4.49. The second-order valence-electron chi connectivity index (χ2n) is 4.42. The minimum Gasteiger partial charge on any atom is -0.332 e. The normalized spacial score (nSPS) is 16.9. The predicted molar refractivity (Wildman–Crippen MR) is 60.8 cm³/mol. The topological polar surface area (TPSA) is 29.9 Å². The van der Waals surface area contributed by atoms with E-state index in [2.05, 4.69) is 40.1 Å². The van der Waals surface area contributed by atoms with E-state index in [1.807, 2.05) is 6.20 Å². The summed E-state index contributed by atoms with van der Waals surface area (Å²) in [6.07, 6.45) is 4.09. The largest absolute Gasteiger partial charge is 0.332 e. The average molecular weight is 201 g/mol. The molecule has 3 heteroatoms. The first kappa shape index (κ1) is 8.92. The molecule has 3 nitrogen and oxygen atoms in total. The molecule has 2 aromatic heterocycles. The van der Waals surface area contributed by atoms with E-state index in [1.54, 1.807) is 0 Å². The second kappa shape index (κ2) is 3.35. The van der Waals surface area contributed by atoms with Gasteiger partial charge in [-0.05, 0) is 24.6 Å². The van der Waals surface area contributed by atoms with Crippen LogP contribution in [0, 0.1) is 12.8 Å². The fourth-order valence-electron chi connectivity index (χ4n) is 2.09. The van der Waals surface area contributed by atoms with Crippen molar-refractivity contribution in [3.8, 4) is 0 Å². The average Bonchev–Trinajstić information content (AvgIpc) is 2.54. The van der Waals surface area contributed by atoms with Crippen LogP contribution in [-0.2, 0) is 6.54 Å². The third kappa shape index (κ3) is 1.53. The Hall–Kier alpha value is -1.35. The molecule has 0 radical (unpaired) electrons. The Bertz CT molecular complexity index is 483. The van der Waals surface area contributed by atoms with Gasteiger partial charge in [0.05, 0.1) is 0 Å². The molecule has 3 heterocycles. The third-order valence-corrected chi connectivity index (χ3v) is 3.06. The standard InChI is InChI=1S/C12H15N3/c1-9-4-11-2-3-15(12(11)14-5-9)8-10-6-13-7-10/h2-5,10,13H,6-8H2,1H3. The summed E-state index contributed by atoms with van der Waals surface area (Å²) >= 11 is 0. The molecule has 0 aliphatic carbocycles. The van der Waals surface area contributed by atoms with Crippen LogP contribution in [0.4, 0.5) is 0 Å². The van der Waals surface area contributed by atoms with Crippen LogP contribution >= 0.6 is 0 Å². The number of hydrogen-bond donors (Lipinski definition) is 1. The highest BCUT2D eigenvalue weighted by molar-refractivity contribution is 5.76. The van der Waals surface area contributed by atoms with E-state index in [0.29, 0.717) is 0 Å². The van der Waals surface area contributed by atoms with Gasteiger partial charge in [-0.15, -0.1) is 0 Å². The molecule has 0 amide bonds. The molecule has 1 N–H and O–H groups in total. The van der Waals surface area contributed by atoms with Gasteiger partial charge in [-0.25, -0.2) is 4.98 Å². The van der Waals surface area contributed by atoms with Crippen molar-refractivity contribution in [2.45, 2.75) is 13.5 Å². The van der Waals surface area contributed by atoms with Gasteiger partial charge >= 0.3 is 0 Å². The van der Waals surface area contributed by atoms with Gasteiger partial charge < -0.3 is 9.88 Å². The summed E-state index contributed by atoms with van der Waals surface area (Å²) in [6, 6.07) is 4.35. The van der Waals surface area contributed by atoms with Crippen LogP contribution in [0.25, 0.3) is 11.0 Å². The summed E-state index contributed by atoms with van der Waals surface area (Å²) in [5.41, 5.74) is 2.35. The molecule has 3 rings (SSSR count). The summed E-state index contributed by atoms with van der Waals surface area (Å²) in [4.78, 5) is 4.49. The lowest BCUT2D eigenvalue weighted by Crippen LogP contribution is -2.44. The molecule has 15 heavy (non-hydrogen) atoms. The van der Waals surface area contributed by atoms with Gasteiger partial charge in [-0.2, -0.15) is 0 Å². The molecule has 0 bridgehead atoms. The number of hydrogen-bond acceptors (Lipinski definition) is 2. The molecule has 1 aliphatic rings. The summed E-state index contributed by atoms with van der Waals surface area (Å²) < 4.78 is 2.26. The van der Waals surface area contributed by atoms with Crippen molar-refractivity contribution in [1.82, 2.24) is 14.9 Å². The first-order valence-corrected chi connectivity index (χ1v) is 5.45. The van der Waals surface area contributed by atoms with Gasteiger partial charge in [0.15, 0.2) is 0 Å². The maximum Gasteiger partial charge on any atom is 0.139 e. The molecule has 1 fully saturated rings. The Kier molecular flexibility index (Phi) is 1.99. The Labute approximate surface area is 89.1 Å². The van der Waals surface area contributed by atoms with E-state index in [1.165, 1.54) is 10.9 Å². The zero-order valence-corrected chi connectivity index (χ0v) is 8.90. The van der Waals surface area contributed by atoms with Crippen molar-refractivity contribution in [2.24, 2.45) is 5.92 Å². The summed E-state index contributed by atoms with van der Waals surface area (Å²) in [5, 5.41) is 4.55. The van der Waals surface area contributed by atoms with Gasteiger partial charge in [0.25, 0.3) is 0 Å². The number of nitrogens with zero attached hydrogens (tertiary/aromatic N) is 2. The van der Waals surface area contributed by atoms with Crippen LogP contribution in [0.3, 0.4) is 0 Å². The number of aromatic nitrogens is 2. The lowest BCUT2D eigenvalue weighted by Gasteiger charge is -2.27. The minimum absolute atomic E-state index is 0.781. The number of fused-ring (bicyclic) bond motifs is 1. The van der Waals surface area contributed by atoms with Gasteiger partial charge in [0, 0.05) is 43.3 Å². The zero-order valence-electron chi connectivity index (χ0n) is 8.90. The summed E-state index contributed by atoms with van der Waals surface area (Å²) in [7, 11) is 0. The fourth-order valence-corrected chi connectivity index (χ4v) is 2.09. The van der Waals surface area contributed by atoms with Crippen LogP contribution in [0.2, 0.25) is 0 Å². The van der Waals surface area contributed by atoms with Crippen LogP contribution in [0.1, 0.15) is 5.56 Å². The molecule has 0 atom stereocenters. The maximum absolute atomic E-state index is 4.49. The third-order valence-electron chi connectivity index (χ3n) is 3.06. The molecule has 2 aromatic rings. The van der Waals surface area contributed by atoms with Crippen molar-refractivity contribution in [1.29, 1.82) is 0 Å². The minimum atomic E-state index is 0.781. The molecule has 1 saturated heterocycles. The van der Waals surface area contributed by atoms with E-state index in [9.17, 15) is 0 Å². The number of aryl methyl sites for hydroxylation is 1. The molecular formula is C12H15N3. The Morgan fingerprint density at radius 3 is 3.13 bits per heavy atom. The van der Waals surface area contributed by atoms with Gasteiger partial charge in [-0.3, -0.25) is 0 Å². The van der Waals surface area contributed by atoms with Crippen molar-refractivity contribution < 1.29 is 0 Å². The Morgan fingerprint density at radius 1 is 1.53 bits per heavy atom. The van der Waals surface area contributed by atoms with E-state index in [-0.39, 0.29) is 0 Å². The molecule has 0 spiro atoms. The Balaban J connectivity index is 1.96. The second-order valence-corrected chi connectivity index (χ2v) is 4.42. The highest BCUT2D eigenvalue weighted by atomic mass is 15.1. The fraction of sp³-hybridized carbons (Fsp3) is 0.417. The molecule has 1 aliphatic heterocycles. The number of rotatable bonds is 2. The quantitative estimate of drug-likeness (QED) is 0.799. The van der Waals surface area contributed by atoms with Crippen LogP contribution in [0.5, 0.6) is 0 Å². The highest BCUT2D eigenvalue weighted by Crippen LogP contribution is 2.17. The molecule has 0 unspecified atom stereocenters. The first-order valence-electron chi connectivity index (χ1n) is 5.45.